The van der Waals surface area contributed by atoms with Gasteiger partial charge in [0.25, 0.3) is 0 Å². The number of nitrogens with one attached hydrogen (secondary N) is 1. The molecule has 0 spiro atoms. The molecule has 2 amide bonds. The fourth-order valence-electron chi connectivity index (χ4n) is 2.74. The average Bonchev–Trinajstić information content (AvgIpc) is 3.25. The highest BCUT2D eigenvalue weighted by Crippen LogP contribution is 2.22. The van der Waals surface area contributed by atoms with E-state index in [9.17, 15) is 14.4 Å². The van der Waals surface area contributed by atoms with Crippen LogP contribution in [-0.2, 0) is 20.9 Å². The molecule has 7 heteroatoms. The summed E-state index contributed by atoms with van der Waals surface area (Å²) in [6.07, 6.45) is 1.73. The molecule has 130 valence electrons. The second-order valence-electron chi connectivity index (χ2n) is 5.81. The first-order valence-corrected chi connectivity index (χ1v) is 7.86. The van der Waals surface area contributed by atoms with E-state index in [4.69, 9.17) is 4.42 Å². The highest BCUT2D eigenvalue weighted by atomic mass is 16.5. The van der Waals surface area contributed by atoms with Gasteiger partial charge in [-0.1, -0.05) is 0 Å². The minimum absolute atomic E-state index is 0.0717. The van der Waals surface area contributed by atoms with Gasteiger partial charge in [-0.25, -0.2) is 4.79 Å². The summed E-state index contributed by atoms with van der Waals surface area (Å²) in [5.41, 5.74) is 0.968. The van der Waals surface area contributed by atoms with Gasteiger partial charge in [-0.05, 0) is 36.4 Å². The van der Waals surface area contributed by atoms with Crippen molar-refractivity contribution in [1.82, 2.24) is 4.90 Å². The molecule has 0 aliphatic carbocycles. The Morgan fingerprint density at radius 2 is 2.04 bits per heavy atom. The summed E-state index contributed by atoms with van der Waals surface area (Å²) >= 11 is 0. The third kappa shape index (κ3) is 3.88. The largest absolute Gasteiger partial charge is 0.467 e. The summed E-state index contributed by atoms with van der Waals surface area (Å²) in [4.78, 5) is 37.5. The summed E-state index contributed by atoms with van der Waals surface area (Å²) in [7, 11) is 1.31. The molecule has 1 aliphatic heterocycles. The topological polar surface area (TPSA) is 88.8 Å². The number of esters is 1. The van der Waals surface area contributed by atoms with Gasteiger partial charge in [0.05, 0.1) is 31.4 Å². The number of benzene rings is 1. The molecule has 0 unspecified atom stereocenters. The minimum Gasteiger partial charge on any atom is -0.467 e. The molecule has 2 heterocycles. The summed E-state index contributed by atoms with van der Waals surface area (Å²) in [5.74, 6) is -0.456. The predicted molar refractivity (Wildman–Crippen MR) is 88.6 cm³/mol. The molecule has 3 rings (SSSR count). The quantitative estimate of drug-likeness (QED) is 0.840. The third-order valence-corrected chi connectivity index (χ3v) is 4.09. The van der Waals surface area contributed by atoms with Crippen LogP contribution in [0.3, 0.4) is 0 Å². The fourth-order valence-corrected chi connectivity index (χ4v) is 2.74. The molecule has 1 aliphatic rings. The minimum atomic E-state index is -0.437. The van der Waals surface area contributed by atoms with Crippen LogP contribution in [0, 0.1) is 5.92 Å². The van der Waals surface area contributed by atoms with Crippen molar-refractivity contribution in [2.24, 2.45) is 5.92 Å². The Kier molecular flexibility index (Phi) is 4.83. The molecule has 1 atom stereocenters. The van der Waals surface area contributed by atoms with Crippen molar-refractivity contribution in [2.45, 2.75) is 13.0 Å². The van der Waals surface area contributed by atoms with Gasteiger partial charge in [0.2, 0.25) is 11.8 Å². The second-order valence-corrected chi connectivity index (χ2v) is 5.81. The van der Waals surface area contributed by atoms with Crippen molar-refractivity contribution in [1.29, 1.82) is 0 Å². The van der Waals surface area contributed by atoms with Crippen molar-refractivity contribution in [2.75, 3.05) is 19.0 Å². The van der Waals surface area contributed by atoms with Crippen LogP contribution in [0.4, 0.5) is 5.69 Å². The number of hydrogen-bond donors (Lipinski definition) is 1. The fraction of sp³-hybridized carbons (Fsp3) is 0.278. The molecule has 1 fully saturated rings. The Bertz CT molecular complexity index is 767. The number of methoxy groups -OCH3 is 1. The predicted octanol–water partition coefficient (Wildman–Crippen LogP) is 2.05. The molecule has 1 saturated heterocycles. The van der Waals surface area contributed by atoms with Gasteiger partial charge in [-0.3, -0.25) is 9.59 Å². The Hall–Kier alpha value is -3.09. The van der Waals surface area contributed by atoms with Crippen LogP contribution >= 0.6 is 0 Å². The number of carbonyl (C=O) groups is 3. The number of furan rings is 1. The van der Waals surface area contributed by atoms with Crippen molar-refractivity contribution < 1.29 is 23.5 Å². The monoisotopic (exact) mass is 342 g/mol. The summed E-state index contributed by atoms with van der Waals surface area (Å²) < 4.78 is 9.87. The lowest BCUT2D eigenvalue weighted by Gasteiger charge is -2.15. The van der Waals surface area contributed by atoms with Crippen LogP contribution in [0.5, 0.6) is 0 Å². The highest BCUT2D eigenvalue weighted by Gasteiger charge is 2.34. The number of likely N-dealkylation sites (tertiary alicyclic amines) is 1. The molecular weight excluding hydrogens is 324 g/mol. The Morgan fingerprint density at radius 1 is 1.28 bits per heavy atom. The van der Waals surface area contributed by atoms with E-state index in [1.165, 1.54) is 7.11 Å². The van der Waals surface area contributed by atoms with E-state index in [2.05, 4.69) is 10.1 Å². The van der Waals surface area contributed by atoms with E-state index in [1.54, 1.807) is 47.6 Å². The van der Waals surface area contributed by atoms with Crippen LogP contribution in [0.15, 0.2) is 47.1 Å². The van der Waals surface area contributed by atoms with Crippen LogP contribution in [-0.4, -0.2) is 36.3 Å². The molecule has 0 radical (unpaired) electrons. The zero-order chi connectivity index (χ0) is 17.8. The zero-order valence-electron chi connectivity index (χ0n) is 13.7. The van der Waals surface area contributed by atoms with Crippen LogP contribution in [0.2, 0.25) is 0 Å². The molecule has 0 bridgehead atoms. The van der Waals surface area contributed by atoms with Gasteiger partial charge < -0.3 is 19.4 Å². The molecule has 2 aromatic rings. The Balaban J connectivity index is 1.58. The Labute approximate surface area is 144 Å². The first kappa shape index (κ1) is 16.8. The smallest absolute Gasteiger partial charge is 0.337 e. The lowest BCUT2D eigenvalue weighted by atomic mass is 10.1. The number of nitrogens with zero attached hydrogens (tertiary/aromatic N) is 1. The van der Waals surface area contributed by atoms with Crippen LogP contribution in [0.25, 0.3) is 0 Å². The normalized spacial score (nSPS) is 16.8. The van der Waals surface area contributed by atoms with Crippen molar-refractivity contribution in [3.05, 3.63) is 54.0 Å². The molecular formula is C18H18N2O5. The number of ether oxygens (including phenoxy) is 1. The lowest BCUT2D eigenvalue weighted by Crippen LogP contribution is -2.27. The third-order valence-electron chi connectivity index (χ3n) is 4.09. The van der Waals surface area contributed by atoms with Crippen molar-refractivity contribution in [3.8, 4) is 0 Å². The van der Waals surface area contributed by atoms with Crippen LogP contribution < -0.4 is 5.32 Å². The number of carbonyl (C=O) groups excluding carboxylic acids is 3. The van der Waals surface area contributed by atoms with Crippen LogP contribution in [0.1, 0.15) is 22.5 Å². The lowest BCUT2D eigenvalue weighted by molar-refractivity contribution is -0.128. The maximum absolute atomic E-state index is 12.4. The van der Waals surface area contributed by atoms with Gasteiger partial charge in [-0.15, -0.1) is 0 Å². The number of hydrogen-bond acceptors (Lipinski definition) is 5. The van der Waals surface area contributed by atoms with E-state index in [1.807, 2.05) is 0 Å². The molecule has 0 saturated carbocycles. The maximum Gasteiger partial charge on any atom is 0.337 e. The van der Waals surface area contributed by atoms with Gasteiger partial charge in [0.15, 0.2) is 0 Å². The number of amides is 2. The van der Waals surface area contributed by atoms with E-state index in [-0.39, 0.29) is 18.2 Å². The van der Waals surface area contributed by atoms with Gasteiger partial charge in [-0.2, -0.15) is 0 Å². The van der Waals surface area contributed by atoms with E-state index in [0.29, 0.717) is 30.1 Å². The highest BCUT2D eigenvalue weighted by molar-refractivity contribution is 5.97. The van der Waals surface area contributed by atoms with Gasteiger partial charge in [0.1, 0.15) is 5.76 Å². The first-order valence-electron chi connectivity index (χ1n) is 7.86. The van der Waals surface area contributed by atoms with Gasteiger partial charge in [0, 0.05) is 18.7 Å². The summed E-state index contributed by atoms with van der Waals surface area (Å²) in [5, 5.41) is 2.77. The number of rotatable bonds is 5. The molecule has 25 heavy (non-hydrogen) atoms. The first-order chi connectivity index (χ1) is 12.1. The van der Waals surface area contributed by atoms with Gasteiger partial charge >= 0.3 is 5.97 Å². The van der Waals surface area contributed by atoms with E-state index >= 15 is 0 Å². The van der Waals surface area contributed by atoms with E-state index in [0.717, 1.165) is 0 Å². The Morgan fingerprint density at radius 3 is 2.68 bits per heavy atom. The SMILES string of the molecule is COC(=O)c1ccc(NC(=O)[C@H]2CC(=O)N(Cc3ccco3)C2)cc1. The average molecular weight is 342 g/mol. The number of anilines is 1. The standard InChI is InChI=1S/C18H18N2O5/c1-24-18(23)12-4-6-14(7-5-12)19-17(22)13-9-16(21)20(10-13)11-15-3-2-8-25-15/h2-8,13H,9-11H2,1H3,(H,19,22)/t13-/m0/s1. The summed E-state index contributed by atoms with van der Waals surface area (Å²) in [6.45, 7) is 0.717. The molecule has 1 N–H and O–H groups in total. The molecule has 7 nitrogen and oxygen atoms in total. The summed E-state index contributed by atoms with van der Waals surface area (Å²) in [6, 6.07) is 9.96. The van der Waals surface area contributed by atoms with E-state index < -0.39 is 11.9 Å². The second kappa shape index (κ2) is 7.21. The van der Waals surface area contributed by atoms with Crippen molar-refractivity contribution >= 4 is 23.5 Å². The molecule has 1 aromatic carbocycles. The molecule has 1 aromatic heterocycles. The maximum atomic E-state index is 12.4. The zero-order valence-corrected chi connectivity index (χ0v) is 13.7. The van der Waals surface area contributed by atoms with Crippen molar-refractivity contribution in [3.63, 3.8) is 0 Å².